The molecule has 92 valence electrons. The highest BCUT2D eigenvalue weighted by atomic mass is 79.9. The number of aromatic nitrogens is 1. The Morgan fingerprint density at radius 2 is 2.06 bits per heavy atom. The number of methoxy groups -OCH3 is 1. The van der Waals surface area contributed by atoms with E-state index < -0.39 is 0 Å². The average molecular weight is 296 g/mol. The van der Waals surface area contributed by atoms with Crippen LogP contribution in [0.4, 0.5) is 0 Å². The van der Waals surface area contributed by atoms with E-state index in [0.29, 0.717) is 0 Å². The smallest absolute Gasteiger partial charge is 0.0639 e. The number of benzene rings is 1. The van der Waals surface area contributed by atoms with Crippen LogP contribution in [0.15, 0.2) is 34.9 Å². The molecule has 0 saturated carbocycles. The number of hydrogen-bond acceptors (Lipinski definition) is 1. The molecule has 17 heavy (non-hydrogen) atoms. The first-order valence-electron chi connectivity index (χ1n) is 5.81. The molecule has 2 nitrogen and oxygen atoms in total. The van der Waals surface area contributed by atoms with Crippen molar-refractivity contribution >= 4 is 26.8 Å². The summed E-state index contributed by atoms with van der Waals surface area (Å²) in [6.07, 6.45) is 3.14. The third-order valence-electron chi connectivity index (χ3n) is 3.24. The predicted molar refractivity (Wildman–Crippen MR) is 75.3 cm³/mol. The molecule has 0 radical (unpaired) electrons. The van der Waals surface area contributed by atoms with Gasteiger partial charge in [-0.3, -0.25) is 0 Å². The summed E-state index contributed by atoms with van der Waals surface area (Å²) >= 11 is 3.52. The highest BCUT2D eigenvalue weighted by Gasteiger charge is 2.16. The van der Waals surface area contributed by atoms with Gasteiger partial charge in [0.1, 0.15) is 0 Å². The zero-order chi connectivity index (χ0) is 12.5. The molecule has 0 N–H and O–H groups in total. The summed E-state index contributed by atoms with van der Waals surface area (Å²) in [5.74, 6) is 0. The maximum Gasteiger partial charge on any atom is 0.0639 e. The highest BCUT2D eigenvalue weighted by Crippen LogP contribution is 2.22. The molecule has 0 saturated heterocycles. The van der Waals surface area contributed by atoms with Crippen molar-refractivity contribution in [3.05, 3.63) is 34.9 Å². The lowest BCUT2D eigenvalue weighted by Gasteiger charge is -2.23. The summed E-state index contributed by atoms with van der Waals surface area (Å²) in [5.41, 5.74) is 1.20. The number of rotatable bonds is 4. The number of hydrogen-bond donors (Lipinski definition) is 0. The third kappa shape index (κ3) is 2.90. The molecule has 0 aliphatic carbocycles. The van der Waals surface area contributed by atoms with E-state index in [1.807, 2.05) is 0 Å². The second-order valence-electron chi connectivity index (χ2n) is 4.93. The molecular formula is C14H18BrNO. The van der Waals surface area contributed by atoms with Crippen LogP contribution < -0.4 is 0 Å². The van der Waals surface area contributed by atoms with Gasteiger partial charge in [0.05, 0.1) is 5.60 Å². The third-order valence-corrected chi connectivity index (χ3v) is 3.74. The normalized spacial score (nSPS) is 12.2. The topological polar surface area (TPSA) is 14.2 Å². The molecule has 0 amide bonds. The van der Waals surface area contributed by atoms with Crippen molar-refractivity contribution in [1.82, 2.24) is 4.57 Å². The van der Waals surface area contributed by atoms with Crippen molar-refractivity contribution in [2.24, 2.45) is 0 Å². The summed E-state index contributed by atoms with van der Waals surface area (Å²) in [6.45, 7) is 5.21. The van der Waals surface area contributed by atoms with Gasteiger partial charge in [-0.25, -0.2) is 0 Å². The van der Waals surface area contributed by atoms with Crippen LogP contribution in [0, 0.1) is 0 Å². The average Bonchev–Trinajstić information content (AvgIpc) is 2.69. The molecule has 0 spiro atoms. The van der Waals surface area contributed by atoms with Gasteiger partial charge in [0.2, 0.25) is 0 Å². The second-order valence-corrected chi connectivity index (χ2v) is 5.84. The van der Waals surface area contributed by atoms with Crippen LogP contribution in [-0.2, 0) is 11.3 Å². The molecular weight excluding hydrogens is 278 g/mol. The van der Waals surface area contributed by atoms with Gasteiger partial charge in [-0.1, -0.05) is 22.0 Å². The van der Waals surface area contributed by atoms with Crippen LogP contribution in [0.2, 0.25) is 0 Å². The molecule has 1 heterocycles. The lowest BCUT2D eigenvalue weighted by molar-refractivity contribution is 0.0123. The Bertz CT molecular complexity index is 516. The van der Waals surface area contributed by atoms with Crippen LogP contribution in [0.25, 0.3) is 10.9 Å². The first-order chi connectivity index (χ1) is 8.02. The molecule has 3 heteroatoms. The quantitative estimate of drug-likeness (QED) is 0.824. The zero-order valence-corrected chi connectivity index (χ0v) is 12.1. The maximum absolute atomic E-state index is 5.45. The van der Waals surface area contributed by atoms with Gasteiger partial charge in [-0.05, 0) is 43.9 Å². The van der Waals surface area contributed by atoms with Gasteiger partial charge in [0.25, 0.3) is 0 Å². The van der Waals surface area contributed by atoms with Crippen LogP contribution >= 0.6 is 15.9 Å². The van der Waals surface area contributed by atoms with Gasteiger partial charge in [-0.2, -0.15) is 0 Å². The fourth-order valence-corrected chi connectivity index (χ4v) is 2.19. The fourth-order valence-electron chi connectivity index (χ4n) is 1.84. The molecule has 0 unspecified atom stereocenters. The molecule has 2 aromatic rings. The minimum atomic E-state index is -0.0669. The van der Waals surface area contributed by atoms with E-state index in [9.17, 15) is 0 Å². The van der Waals surface area contributed by atoms with E-state index >= 15 is 0 Å². The monoisotopic (exact) mass is 295 g/mol. The minimum absolute atomic E-state index is 0.0669. The largest absolute Gasteiger partial charge is 0.379 e. The van der Waals surface area contributed by atoms with E-state index in [2.05, 4.69) is 64.8 Å². The Kier molecular flexibility index (Phi) is 3.59. The van der Waals surface area contributed by atoms with Gasteiger partial charge in [0, 0.05) is 29.8 Å². The van der Waals surface area contributed by atoms with Crippen LogP contribution in [0.5, 0.6) is 0 Å². The van der Waals surface area contributed by atoms with Crippen molar-refractivity contribution in [2.75, 3.05) is 7.11 Å². The van der Waals surface area contributed by atoms with E-state index in [1.54, 1.807) is 7.11 Å². The van der Waals surface area contributed by atoms with Crippen LogP contribution in [0.3, 0.4) is 0 Å². The summed E-state index contributed by atoms with van der Waals surface area (Å²) < 4.78 is 8.85. The summed E-state index contributed by atoms with van der Waals surface area (Å²) in [6, 6.07) is 8.53. The Hall–Kier alpha value is -0.800. The van der Waals surface area contributed by atoms with Gasteiger partial charge >= 0.3 is 0 Å². The minimum Gasteiger partial charge on any atom is -0.379 e. The lowest BCUT2D eigenvalue weighted by atomic mass is 10.1. The van der Waals surface area contributed by atoms with Crippen molar-refractivity contribution in [3.8, 4) is 0 Å². The molecule has 0 bridgehead atoms. The van der Waals surface area contributed by atoms with E-state index in [1.165, 1.54) is 10.9 Å². The van der Waals surface area contributed by atoms with Gasteiger partial charge in [-0.15, -0.1) is 0 Å². The standard InChI is InChI=1S/C14H18BrNO/c1-14(2,17-3)7-9-16-8-6-11-4-5-12(15)10-13(11)16/h4-6,8,10H,7,9H2,1-3H3. The number of aryl methyl sites for hydroxylation is 1. The van der Waals surface area contributed by atoms with E-state index in [-0.39, 0.29) is 5.60 Å². The number of fused-ring (bicyclic) bond motifs is 1. The summed E-state index contributed by atoms with van der Waals surface area (Å²) in [5, 5.41) is 1.28. The molecule has 2 rings (SSSR count). The Morgan fingerprint density at radius 1 is 1.29 bits per heavy atom. The van der Waals surface area contributed by atoms with Crippen molar-refractivity contribution in [1.29, 1.82) is 0 Å². The van der Waals surface area contributed by atoms with E-state index in [4.69, 9.17) is 4.74 Å². The van der Waals surface area contributed by atoms with Crippen molar-refractivity contribution in [3.63, 3.8) is 0 Å². The predicted octanol–water partition coefficient (Wildman–Crippen LogP) is 4.22. The first kappa shape index (κ1) is 12.7. The first-order valence-corrected chi connectivity index (χ1v) is 6.61. The second kappa shape index (κ2) is 4.83. The molecule has 0 aliphatic rings. The molecule has 1 aromatic heterocycles. The van der Waals surface area contributed by atoms with Gasteiger partial charge < -0.3 is 9.30 Å². The molecule has 0 aliphatic heterocycles. The number of halogens is 1. The SMILES string of the molecule is COC(C)(C)CCn1ccc2ccc(Br)cc21. The van der Waals surface area contributed by atoms with Gasteiger partial charge in [0.15, 0.2) is 0 Å². The number of nitrogens with zero attached hydrogens (tertiary/aromatic N) is 1. The lowest BCUT2D eigenvalue weighted by Crippen LogP contribution is -2.24. The Morgan fingerprint density at radius 3 is 2.76 bits per heavy atom. The van der Waals surface area contributed by atoms with Crippen molar-refractivity contribution < 1.29 is 4.74 Å². The van der Waals surface area contributed by atoms with E-state index in [0.717, 1.165) is 17.4 Å². The summed E-state index contributed by atoms with van der Waals surface area (Å²) in [4.78, 5) is 0. The fraction of sp³-hybridized carbons (Fsp3) is 0.429. The van der Waals surface area contributed by atoms with Crippen molar-refractivity contribution in [2.45, 2.75) is 32.4 Å². The zero-order valence-electron chi connectivity index (χ0n) is 10.5. The van der Waals surface area contributed by atoms with Crippen LogP contribution in [-0.4, -0.2) is 17.3 Å². The Labute approximate surface area is 111 Å². The van der Waals surface area contributed by atoms with Crippen LogP contribution in [0.1, 0.15) is 20.3 Å². The molecule has 0 atom stereocenters. The maximum atomic E-state index is 5.45. The highest BCUT2D eigenvalue weighted by molar-refractivity contribution is 9.10. The Balaban J connectivity index is 2.22. The summed E-state index contributed by atoms with van der Waals surface area (Å²) in [7, 11) is 1.77. The number of ether oxygens (including phenoxy) is 1. The molecule has 0 fully saturated rings. The molecule has 1 aromatic carbocycles.